The van der Waals surface area contributed by atoms with Crippen molar-refractivity contribution in [3.63, 3.8) is 0 Å². The van der Waals surface area contributed by atoms with E-state index in [0.717, 1.165) is 17.4 Å². The molecule has 0 radical (unpaired) electrons. The quantitative estimate of drug-likeness (QED) is 0.569. The van der Waals surface area contributed by atoms with Gasteiger partial charge in [-0.1, -0.05) is 17.7 Å². The molecule has 25 heavy (non-hydrogen) atoms. The van der Waals surface area contributed by atoms with E-state index in [9.17, 15) is 4.39 Å². The summed E-state index contributed by atoms with van der Waals surface area (Å²) in [6.45, 7) is 3.76. The topological polar surface area (TPSA) is 52.6 Å². The first-order valence-electron chi connectivity index (χ1n) is 8.08. The van der Waals surface area contributed by atoms with Crippen molar-refractivity contribution < 1.29 is 4.39 Å². The molecule has 2 N–H and O–H groups in total. The second kappa shape index (κ2) is 9.58. The lowest BCUT2D eigenvalue weighted by atomic mass is 10.1. The molecule has 2 rings (SSSR count). The lowest BCUT2D eigenvalue weighted by Gasteiger charge is -2.12. The number of aliphatic imine (C=N–C) groups is 1. The van der Waals surface area contributed by atoms with Crippen LogP contribution < -0.4 is 15.5 Å². The summed E-state index contributed by atoms with van der Waals surface area (Å²) in [6, 6.07) is 4.73. The van der Waals surface area contributed by atoms with Crippen molar-refractivity contribution in [1.29, 1.82) is 0 Å². The summed E-state index contributed by atoms with van der Waals surface area (Å²) in [5.41, 5.74) is 1.44. The van der Waals surface area contributed by atoms with E-state index in [4.69, 9.17) is 11.6 Å². The summed E-state index contributed by atoms with van der Waals surface area (Å²) in [5.74, 6) is 0.393. The van der Waals surface area contributed by atoms with Gasteiger partial charge in [-0.3, -0.25) is 0 Å². The highest BCUT2D eigenvalue weighted by Crippen LogP contribution is 2.19. The maximum absolute atomic E-state index is 13.8. The second-order valence-electron chi connectivity index (χ2n) is 5.59. The molecular weight excluding hydrogens is 361 g/mol. The van der Waals surface area contributed by atoms with E-state index >= 15 is 0 Å². The largest absolute Gasteiger partial charge is 0.357 e. The molecule has 0 bridgehead atoms. The third kappa shape index (κ3) is 5.86. The third-order valence-corrected chi connectivity index (χ3v) is 4.81. The highest BCUT2D eigenvalue weighted by molar-refractivity contribution is 7.13. The molecule has 0 fully saturated rings. The van der Waals surface area contributed by atoms with Gasteiger partial charge in [0.05, 0.1) is 12.2 Å². The first-order chi connectivity index (χ1) is 12.0. The van der Waals surface area contributed by atoms with Gasteiger partial charge in [0.2, 0.25) is 0 Å². The zero-order valence-corrected chi connectivity index (χ0v) is 16.2. The minimum absolute atomic E-state index is 0.282. The van der Waals surface area contributed by atoms with Crippen molar-refractivity contribution in [1.82, 2.24) is 15.6 Å². The fraction of sp³-hybridized carbons (Fsp3) is 0.412. The Balaban J connectivity index is 1.93. The SMILES string of the molecule is CCNC(=NCc1csc(N(C)C)n1)NCCc1c(F)cccc1Cl. The van der Waals surface area contributed by atoms with E-state index in [-0.39, 0.29) is 5.82 Å². The van der Waals surface area contributed by atoms with Crippen molar-refractivity contribution in [3.05, 3.63) is 45.7 Å². The van der Waals surface area contributed by atoms with E-state index in [1.807, 2.05) is 31.3 Å². The second-order valence-corrected chi connectivity index (χ2v) is 6.83. The predicted molar refractivity (Wildman–Crippen MR) is 104 cm³/mol. The summed E-state index contributed by atoms with van der Waals surface area (Å²) in [6.07, 6.45) is 0.484. The molecule has 0 atom stereocenters. The van der Waals surface area contributed by atoms with Gasteiger partial charge in [0.25, 0.3) is 0 Å². The summed E-state index contributed by atoms with van der Waals surface area (Å²) in [5, 5.41) is 9.78. The molecule has 1 heterocycles. The van der Waals surface area contributed by atoms with Crippen LogP contribution in [-0.4, -0.2) is 38.1 Å². The number of hydrogen-bond acceptors (Lipinski definition) is 4. The summed E-state index contributed by atoms with van der Waals surface area (Å²) < 4.78 is 13.8. The van der Waals surface area contributed by atoms with Crippen molar-refractivity contribution in [2.75, 3.05) is 32.1 Å². The fourth-order valence-corrected chi connectivity index (χ4v) is 3.16. The van der Waals surface area contributed by atoms with Crippen LogP contribution >= 0.6 is 22.9 Å². The Kier molecular flexibility index (Phi) is 7.46. The molecule has 136 valence electrons. The first-order valence-corrected chi connectivity index (χ1v) is 9.33. The van der Waals surface area contributed by atoms with Crippen molar-refractivity contribution >= 4 is 34.0 Å². The third-order valence-electron chi connectivity index (χ3n) is 3.39. The highest BCUT2D eigenvalue weighted by Gasteiger charge is 2.07. The van der Waals surface area contributed by atoms with Crippen LogP contribution in [0.25, 0.3) is 0 Å². The van der Waals surface area contributed by atoms with Crippen LogP contribution in [0.2, 0.25) is 5.02 Å². The van der Waals surface area contributed by atoms with Crippen LogP contribution in [0.3, 0.4) is 0 Å². The number of halogens is 2. The molecule has 5 nitrogen and oxygen atoms in total. The number of aromatic nitrogens is 1. The normalized spacial score (nSPS) is 11.5. The van der Waals surface area contributed by atoms with Crippen LogP contribution in [0.1, 0.15) is 18.2 Å². The van der Waals surface area contributed by atoms with Crippen LogP contribution in [0.4, 0.5) is 9.52 Å². The zero-order valence-electron chi connectivity index (χ0n) is 14.6. The molecule has 8 heteroatoms. The summed E-state index contributed by atoms with van der Waals surface area (Å²) >= 11 is 7.64. The van der Waals surface area contributed by atoms with Gasteiger partial charge in [-0.15, -0.1) is 11.3 Å². The van der Waals surface area contributed by atoms with Crippen molar-refractivity contribution in [3.8, 4) is 0 Å². The molecule has 0 amide bonds. The average Bonchev–Trinajstić information content (AvgIpc) is 3.04. The number of hydrogen-bond donors (Lipinski definition) is 2. The van der Waals surface area contributed by atoms with Gasteiger partial charge >= 0.3 is 0 Å². The Morgan fingerprint density at radius 3 is 2.80 bits per heavy atom. The van der Waals surface area contributed by atoms with Gasteiger partial charge in [-0.05, 0) is 25.5 Å². The fourth-order valence-electron chi connectivity index (χ4n) is 2.15. The summed E-state index contributed by atoms with van der Waals surface area (Å²) in [7, 11) is 3.93. The average molecular weight is 384 g/mol. The molecule has 0 saturated carbocycles. The Bertz CT molecular complexity index is 697. The number of benzene rings is 1. The van der Waals surface area contributed by atoms with Crippen molar-refractivity contribution in [2.24, 2.45) is 4.99 Å². The number of nitrogens with zero attached hydrogens (tertiary/aromatic N) is 3. The molecule has 0 unspecified atom stereocenters. The van der Waals surface area contributed by atoms with E-state index in [1.54, 1.807) is 23.5 Å². The maximum Gasteiger partial charge on any atom is 0.191 e. The molecule has 1 aromatic carbocycles. The standard InChI is InChI=1S/C17H23ClFN5S/c1-4-20-16(22-10-12-11-25-17(23-12)24(2)3)21-9-8-13-14(18)6-5-7-15(13)19/h5-7,11H,4,8-10H2,1-3H3,(H2,20,21,22). The molecule has 0 aliphatic heterocycles. The van der Waals surface area contributed by atoms with Gasteiger partial charge in [0.1, 0.15) is 5.82 Å². The lowest BCUT2D eigenvalue weighted by molar-refractivity contribution is 0.607. The Morgan fingerprint density at radius 2 is 2.16 bits per heavy atom. The number of thiazole rings is 1. The van der Waals surface area contributed by atoms with Crippen molar-refractivity contribution in [2.45, 2.75) is 19.9 Å². The van der Waals surface area contributed by atoms with Crippen LogP contribution in [-0.2, 0) is 13.0 Å². The highest BCUT2D eigenvalue weighted by atomic mass is 35.5. The molecule has 2 aromatic rings. The van der Waals surface area contributed by atoms with Gasteiger partial charge in [-0.25, -0.2) is 14.4 Å². The monoisotopic (exact) mass is 383 g/mol. The lowest BCUT2D eigenvalue weighted by Crippen LogP contribution is -2.38. The number of anilines is 1. The van der Waals surface area contributed by atoms with E-state index in [0.29, 0.717) is 36.1 Å². The molecule has 0 spiro atoms. The molecule has 1 aromatic heterocycles. The first kappa shape index (κ1) is 19.5. The number of guanidine groups is 1. The minimum Gasteiger partial charge on any atom is -0.357 e. The Morgan fingerprint density at radius 1 is 1.36 bits per heavy atom. The number of nitrogens with one attached hydrogen (secondary N) is 2. The zero-order chi connectivity index (χ0) is 18.2. The number of rotatable bonds is 7. The van der Waals surface area contributed by atoms with E-state index < -0.39 is 0 Å². The molecule has 0 saturated heterocycles. The molecule has 0 aliphatic rings. The molecule has 0 aliphatic carbocycles. The van der Waals surface area contributed by atoms with Crippen LogP contribution in [0.5, 0.6) is 0 Å². The molecular formula is C17H23ClFN5S. The smallest absolute Gasteiger partial charge is 0.191 e. The van der Waals surface area contributed by atoms with Gasteiger partial charge in [0.15, 0.2) is 11.1 Å². The van der Waals surface area contributed by atoms with Gasteiger partial charge in [-0.2, -0.15) is 0 Å². The van der Waals surface area contributed by atoms with Crippen LogP contribution in [0, 0.1) is 5.82 Å². The van der Waals surface area contributed by atoms with Gasteiger partial charge < -0.3 is 15.5 Å². The maximum atomic E-state index is 13.8. The minimum atomic E-state index is -0.282. The Labute approximate surface area is 156 Å². The van der Waals surface area contributed by atoms with E-state index in [1.165, 1.54) is 6.07 Å². The van der Waals surface area contributed by atoms with Crippen LogP contribution in [0.15, 0.2) is 28.6 Å². The summed E-state index contributed by atoms with van der Waals surface area (Å²) in [4.78, 5) is 11.0. The Hall–Kier alpha value is -1.86. The predicted octanol–water partition coefficient (Wildman–Crippen LogP) is 3.30. The van der Waals surface area contributed by atoms with E-state index in [2.05, 4.69) is 20.6 Å². The van der Waals surface area contributed by atoms with Gasteiger partial charge in [0, 0.05) is 43.2 Å².